The predicted octanol–water partition coefficient (Wildman–Crippen LogP) is 3.22. The molecular weight excluding hydrogens is 322 g/mol. The molecule has 2 rings (SSSR count). The third-order valence-electron chi connectivity index (χ3n) is 2.04. The summed E-state index contributed by atoms with van der Waals surface area (Å²) < 4.78 is 6.88. The molecule has 0 saturated carbocycles. The topological polar surface area (TPSA) is 9.23 Å². The van der Waals surface area contributed by atoms with E-state index < -0.39 is 0 Å². The molecule has 0 N–H and O–H groups in total. The zero-order valence-corrected chi connectivity index (χ0v) is 10.3. The zero-order chi connectivity index (χ0) is 10.5. The van der Waals surface area contributed by atoms with E-state index in [1.54, 1.807) is 0 Å². The number of hydrogen-bond donors (Lipinski definition) is 0. The van der Waals surface area contributed by atoms with Crippen molar-refractivity contribution in [2.75, 3.05) is 0 Å². The maximum atomic E-state index is 5.64. The number of benzene rings is 2. The maximum absolute atomic E-state index is 5.64. The van der Waals surface area contributed by atoms with Crippen molar-refractivity contribution in [3.63, 3.8) is 0 Å². The van der Waals surface area contributed by atoms with Crippen LogP contribution in [0.4, 0.5) is 0 Å². The average molecular weight is 334 g/mol. The van der Waals surface area contributed by atoms with Crippen molar-refractivity contribution in [1.29, 1.82) is 0 Å². The molecule has 2 aromatic carbocycles. The third-order valence-corrected chi connectivity index (χ3v) is 2.71. The SMILES string of the molecule is Ic1cccc(COc2ccccc2)c1.[NaH]. The van der Waals surface area contributed by atoms with E-state index in [1.807, 2.05) is 36.4 Å². The Balaban J connectivity index is 0.00000128. The van der Waals surface area contributed by atoms with Crippen LogP contribution in [-0.4, -0.2) is 29.6 Å². The van der Waals surface area contributed by atoms with Crippen LogP contribution in [-0.2, 0) is 6.61 Å². The van der Waals surface area contributed by atoms with Gasteiger partial charge in [-0.3, -0.25) is 0 Å². The summed E-state index contributed by atoms with van der Waals surface area (Å²) in [5, 5.41) is 0. The summed E-state index contributed by atoms with van der Waals surface area (Å²) in [7, 11) is 0. The van der Waals surface area contributed by atoms with Crippen molar-refractivity contribution in [2.24, 2.45) is 0 Å². The van der Waals surface area contributed by atoms with Crippen LogP contribution >= 0.6 is 22.6 Å². The van der Waals surface area contributed by atoms with Crippen LogP contribution < -0.4 is 4.74 Å². The van der Waals surface area contributed by atoms with Gasteiger partial charge in [0.25, 0.3) is 0 Å². The monoisotopic (exact) mass is 334 g/mol. The summed E-state index contributed by atoms with van der Waals surface area (Å²) in [5.41, 5.74) is 1.20. The average Bonchev–Trinajstić information content (AvgIpc) is 2.28. The molecule has 0 atom stereocenters. The summed E-state index contributed by atoms with van der Waals surface area (Å²) in [6.07, 6.45) is 0. The summed E-state index contributed by atoms with van der Waals surface area (Å²) in [6.45, 7) is 0.626. The van der Waals surface area contributed by atoms with Crippen LogP contribution in [0.5, 0.6) is 5.75 Å². The van der Waals surface area contributed by atoms with Crippen LogP contribution in [0.1, 0.15) is 5.56 Å². The van der Waals surface area contributed by atoms with E-state index in [-0.39, 0.29) is 29.6 Å². The number of halogens is 1. The fraction of sp³-hybridized carbons (Fsp3) is 0.0769. The molecule has 1 nitrogen and oxygen atoms in total. The first-order chi connectivity index (χ1) is 7.34. The normalized spacial score (nSPS) is 9.31. The van der Waals surface area contributed by atoms with Gasteiger partial charge in [0.05, 0.1) is 0 Å². The first kappa shape index (κ1) is 14.0. The van der Waals surface area contributed by atoms with E-state index in [9.17, 15) is 0 Å². The predicted molar refractivity (Wildman–Crippen MR) is 77.1 cm³/mol. The quantitative estimate of drug-likeness (QED) is 0.619. The van der Waals surface area contributed by atoms with Crippen LogP contribution in [0.2, 0.25) is 0 Å². The van der Waals surface area contributed by atoms with Gasteiger partial charge in [-0.2, -0.15) is 0 Å². The van der Waals surface area contributed by atoms with E-state index >= 15 is 0 Å². The second-order valence-electron chi connectivity index (χ2n) is 3.23. The molecule has 78 valence electrons. The van der Waals surface area contributed by atoms with Crippen molar-refractivity contribution >= 4 is 52.1 Å². The third kappa shape index (κ3) is 4.45. The summed E-state index contributed by atoms with van der Waals surface area (Å²) in [5.74, 6) is 0.913. The Labute approximate surface area is 132 Å². The molecule has 0 aromatic heterocycles. The van der Waals surface area contributed by atoms with Gasteiger partial charge >= 0.3 is 29.6 Å². The first-order valence-corrected chi connectivity index (χ1v) is 5.85. The Morgan fingerprint density at radius 3 is 2.38 bits per heavy atom. The van der Waals surface area contributed by atoms with E-state index in [2.05, 4.69) is 40.8 Å². The first-order valence-electron chi connectivity index (χ1n) is 4.77. The Kier molecular flexibility index (Phi) is 6.43. The number of para-hydroxylation sites is 1. The van der Waals surface area contributed by atoms with Gasteiger partial charge in [0.1, 0.15) is 12.4 Å². The molecule has 0 aliphatic heterocycles. The fourth-order valence-corrected chi connectivity index (χ4v) is 1.92. The van der Waals surface area contributed by atoms with E-state index in [0.717, 1.165) is 5.75 Å². The molecule has 16 heavy (non-hydrogen) atoms. The zero-order valence-electron chi connectivity index (χ0n) is 8.19. The van der Waals surface area contributed by atoms with Gasteiger partial charge in [-0.15, -0.1) is 0 Å². The molecule has 0 spiro atoms. The van der Waals surface area contributed by atoms with Crippen molar-refractivity contribution in [2.45, 2.75) is 6.61 Å². The summed E-state index contributed by atoms with van der Waals surface area (Å²) in [4.78, 5) is 0. The van der Waals surface area contributed by atoms with Gasteiger partial charge in [-0.05, 0) is 52.4 Å². The molecular formula is C13H12INaO. The van der Waals surface area contributed by atoms with Crippen molar-refractivity contribution in [1.82, 2.24) is 0 Å². The van der Waals surface area contributed by atoms with Crippen LogP contribution in [0.25, 0.3) is 0 Å². The van der Waals surface area contributed by atoms with Gasteiger partial charge < -0.3 is 4.74 Å². The minimum absolute atomic E-state index is 0. The van der Waals surface area contributed by atoms with Gasteiger partial charge in [-0.25, -0.2) is 0 Å². The minimum atomic E-state index is 0. The Morgan fingerprint density at radius 1 is 0.938 bits per heavy atom. The van der Waals surface area contributed by atoms with Crippen molar-refractivity contribution in [3.05, 3.63) is 63.7 Å². The number of rotatable bonds is 3. The molecule has 0 saturated heterocycles. The molecule has 0 amide bonds. The van der Waals surface area contributed by atoms with Crippen molar-refractivity contribution < 1.29 is 4.74 Å². The Hall–Kier alpha value is -0.0300. The molecule has 0 radical (unpaired) electrons. The molecule has 0 fully saturated rings. The summed E-state index contributed by atoms with van der Waals surface area (Å²) in [6, 6.07) is 18.2. The van der Waals surface area contributed by atoms with Gasteiger partial charge in [0.2, 0.25) is 0 Å². The Bertz CT molecular complexity index is 431. The molecule has 0 aliphatic carbocycles. The Morgan fingerprint density at radius 2 is 1.69 bits per heavy atom. The van der Waals surface area contributed by atoms with Crippen molar-refractivity contribution in [3.8, 4) is 5.75 Å². The molecule has 0 aliphatic rings. The van der Waals surface area contributed by atoms with E-state index in [1.165, 1.54) is 9.13 Å². The van der Waals surface area contributed by atoms with Crippen LogP contribution in [0, 0.1) is 3.57 Å². The van der Waals surface area contributed by atoms with Gasteiger partial charge in [0.15, 0.2) is 0 Å². The molecule has 2 aromatic rings. The standard InChI is InChI=1S/C13H11IO.Na.H/c14-12-6-4-5-11(9-12)10-15-13-7-2-1-3-8-13;;/h1-9H,10H2;;. The second-order valence-corrected chi connectivity index (χ2v) is 4.48. The van der Waals surface area contributed by atoms with Crippen LogP contribution in [0.15, 0.2) is 54.6 Å². The van der Waals surface area contributed by atoms with Gasteiger partial charge in [0, 0.05) is 3.57 Å². The van der Waals surface area contributed by atoms with Crippen LogP contribution in [0.3, 0.4) is 0 Å². The molecule has 0 unspecified atom stereocenters. The number of ether oxygens (including phenoxy) is 1. The van der Waals surface area contributed by atoms with E-state index in [4.69, 9.17) is 4.74 Å². The molecule has 0 heterocycles. The summed E-state index contributed by atoms with van der Waals surface area (Å²) >= 11 is 2.30. The van der Waals surface area contributed by atoms with E-state index in [0.29, 0.717) is 6.61 Å². The second kappa shape index (κ2) is 7.33. The number of hydrogen-bond acceptors (Lipinski definition) is 1. The van der Waals surface area contributed by atoms with Gasteiger partial charge in [-0.1, -0.05) is 30.3 Å². The molecule has 0 bridgehead atoms. The fourth-order valence-electron chi connectivity index (χ4n) is 1.31. The molecule has 3 heteroatoms.